The molecular formula is C22H30O4. The predicted molar refractivity (Wildman–Crippen MR) is 100 cm³/mol. The third kappa shape index (κ3) is 3.79. The summed E-state index contributed by atoms with van der Waals surface area (Å²) in [6.07, 6.45) is 7.68. The molecule has 2 fully saturated rings. The molecule has 2 aliphatic rings. The van der Waals surface area contributed by atoms with Crippen LogP contribution < -0.4 is 0 Å². The molecule has 26 heavy (non-hydrogen) atoms. The van der Waals surface area contributed by atoms with Crippen molar-refractivity contribution >= 4 is 11.8 Å². The first-order valence-electron chi connectivity index (χ1n) is 10.0. The smallest absolute Gasteiger partial charge is 0.313 e. The lowest BCUT2D eigenvalue weighted by atomic mass is 9.76. The quantitative estimate of drug-likeness (QED) is 0.609. The number of rotatable bonds is 6. The number of esters is 1. The first-order chi connectivity index (χ1) is 12.5. The Morgan fingerprint density at radius 1 is 1.12 bits per heavy atom. The van der Waals surface area contributed by atoms with Crippen molar-refractivity contribution in [1.82, 2.24) is 0 Å². The van der Waals surface area contributed by atoms with Crippen LogP contribution in [0.5, 0.6) is 5.75 Å². The molecule has 1 unspecified atom stereocenters. The lowest BCUT2D eigenvalue weighted by Gasteiger charge is -2.41. The highest BCUT2D eigenvalue weighted by Gasteiger charge is 2.47. The van der Waals surface area contributed by atoms with Crippen LogP contribution in [0, 0.1) is 5.92 Å². The fraction of sp³-hybridized carbons (Fsp3) is 0.636. The van der Waals surface area contributed by atoms with Crippen molar-refractivity contribution in [1.29, 1.82) is 0 Å². The van der Waals surface area contributed by atoms with Crippen LogP contribution in [0.1, 0.15) is 75.5 Å². The zero-order valence-corrected chi connectivity index (χ0v) is 16.0. The number of ketones is 1. The molecule has 1 heterocycles. The van der Waals surface area contributed by atoms with Crippen molar-refractivity contribution in [3.8, 4) is 5.75 Å². The summed E-state index contributed by atoms with van der Waals surface area (Å²) >= 11 is 0. The van der Waals surface area contributed by atoms with E-state index in [2.05, 4.69) is 12.1 Å². The number of phenols is 1. The van der Waals surface area contributed by atoms with Gasteiger partial charge in [0.2, 0.25) is 0 Å². The highest BCUT2D eigenvalue weighted by molar-refractivity contribution is 5.98. The van der Waals surface area contributed by atoms with Crippen molar-refractivity contribution in [3.05, 3.63) is 28.8 Å². The van der Waals surface area contributed by atoms with Gasteiger partial charge in [0.15, 0.2) is 0 Å². The van der Waals surface area contributed by atoms with E-state index < -0.39 is 5.60 Å². The van der Waals surface area contributed by atoms with Crippen molar-refractivity contribution in [2.24, 2.45) is 5.92 Å². The van der Waals surface area contributed by atoms with E-state index in [0.717, 1.165) is 61.6 Å². The molecule has 1 N–H and O–H groups in total. The van der Waals surface area contributed by atoms with Gasteiger partial charge in [-0.2, -0.15) is 0 Å². The summed E-state index contributed by atoms with van der Waals surface area (Å²) < 4.78 is 5.88. The number of benzene rings is 1. The van der Waals surface area contributed by atoms with Crippen LogP contribution in [0.2, 0.25) is 0 Å². The van der Waals surface area contributed by atoms with Crippen molar-refractivity contribution in [2.75, 3.05) is 0 Å². The van der Waals surface area contributed by atoms with Gasteiger partial charge in [-0.05, 0) is 61.1 Å². The predicted octanol–water partition coefficient (Wildman–Crippen LogP) is 4.28. The van der Waals surface area contributed by atoms with Crippen molar-refractivity contribution < 1.29 is 19.4 Å². The van der Waals surface area contributed by atoms with E-state index in [1.807, 2.05) is 13.8 Å². The molecule has 1 atom stereocenters. The summed E-state index contributed by atoms with van der Waals surface area (Å²) in [5.74, 6) is 0.359. The summed E-state index contributed by atoms with van der Waals surface area (Å²) in [6, 6.07) is 4.12. The maximum Gasteiger partial charge on any atom is 0.313 e. The number of aryl methyl sites for hydroxylation is 3. The summed E-state index contributed by atoms with van der Waals surface area (Å²) in [4.78, 5) is 24.2. The topological polar surface area (TPSA) is 63.6 Å². The molecule has 3 rings (SSSR count). The van der Waals surface area contributed by atoms with E-state index in [0.29, 0.717) is 24.5 Å². The number of carbonyl (C=O) groups is 2. The molecule has 1 aromatic rings. The van der Waals surface area contributed by atoms with Gasteiger partial charge in [0.25, 0.3) is 0 Å². The Hall–Kier alpha value is -1.84. The molecule has 0 amide bonds. The molecule has 0 bridgehead atoms. The Bertz CT molecular complexity index is 644. The average molecular weight is 358 g/mol. The molecule has 1 aromatic carbocycles. The summed E-state index contributed by atoms with van der Waals surface area (Å²) in [7, 11) is 0. The first-order valence-corrected chi connectivity index (χ1v) is 10.0. The van der Waals surface area contributed by atoms with Gasteiger partial charge in [0.1, 0.15) is 23.6 Å². The Kier molecular flexibility index (Phi) is 5.69. The minimum Gasteiger partial charge on any atom is -0.507 e. The molecule has 142 valence electrons. The lowest BCUT2D eigenvalue weighted by Crippen LogP contribution is -2.48. The first kappa shape index (κ1) is 18.9. The fourth-order valence-electron chi connectivity index (χ4n) is 4.75. The molecule has 4 nitrogen and oxygen atoms in total. The normalized spacial score (nSPS) is 24.1. The molecule has 1 aliphatic heterocycles. The molecule has 0 spiro atoms. The molecular weight excluding hydrogens is 328 g/mol. The van der Waals surface area contributed by atoms with E-state index in [4.69, 9.17) is 4.74 Å². The van der Waals surface area contributed by atoms with Gasteiger partial charge in [0.05, 0.1) is 0 Å². The van der Waals surface area contributed by atoms with Gasteiger partial charge in [-0.1, -0.05) is 38.8 Å². The van der Waals surface area contributed by atoms with Crippen LogP contribution in [0.15, 0.2) is 12.1 Å². The van der Waals surface area contributed by atoms with Gasteiger partial charge in [0, 0.05) is 6.42 Å². The van der Waals surface area contributed by atoms with E-state index in [-0.39, 0.29) is 18.2 Å². The SMILES string of the molecule is CCc1cc(CCC2(C3CCCC3)CC(=O)CC(=O)O2)cc(CC)c1O. The van der Waals surface area contributed by atoms with Crippen LogP contribution in [0.4, 0.5) is 0 Å². The third-order valence-corrected chi connectivity index (χ3v) is 6.18. The molecule has 1 aliphatic carbocycles. The Labute approximate surface area is 155 Å². The Morgan fingerprint density at radius 2 is 1.73 bits per heavy atom. The van der Waals surface area contributed by atoms with Gasteiger partial charge < -0.3 is 9.84 Å². The highest BCUT2D eigenvalue weighted by Crippen LogP contribution is 2.44. The van der Waals surface area contributed by atoms with Gasteiger partial charge in [-0.15, -0.1) is 0 Å². The number of cyclic esters (lactones) is 1. The second-order valence-electron chi connectivity index (χ2n) is 7.88. The largest absolute Gasteiger partial charge is 0.507 e. The molecule has 0 aromatic heterocycles. The maximum atomic E-state index is 12.2. The average Bonchev–Trinajstić information content (AvgIpc) is 3.15. The van der Waals surface area contributed by atoms with Gasteiger partial charge >= 0.3 is 5.97 Å². The van der Waals surface area contributed by atoms with Gasteiger partial charge in [-0.3, -0.25) is 9.59 Å². The lowest BCUT2D eigenvalue weighted by molar-refractivity contribution is -0.178. The summed E-state index contributed by atoms with van der Waals surface area (Å²) in [5.41, 5.74) is 2.46. The minimum atomic E-state index is -0.625. The molecule has 0 radical (unpaired) electrons. The molecule has 1 saturated heterocycles. The van der Waals surface area contributed by atoms with Crippen LogP contribution in [-0.4, -0.2) is 22.5 Å². The number of ether oxygens (including phenoxy) is 1. The number of Topliss-reactive ketones (excluding diaryl/α,β-unsaturated/α-hetero) is 1. The number of aromatic hydroxyl groups is 1. The Morgan fingerprint density at radius 3 is 2.27 bits per heavy atom. The summed E-state index contributed by atoms with van der Waals surface area (Å²) in [6.45, 7) is 4.08. The second kappa shape index (κ2) is 7.81. The number of phenolic OH excluding ortho intramolecular Hbond substituents is 1. The number of carbonyl (C=O) groups excluding carboxylic acids is 2. The second-order valence-corrected chi connectivity index (χ2v) is 7.88. The van der Waals surface area contributed by atoms with Gasteiger partial charge in [-0.25, -0.2) is 0 Å². The van der Waals surface area contributed by atoms with Crippen LogP contribution in [0.3, 0.4) is 0 Å². The number of hydrogen-bond donors (Lipinski definition) is 1. The number of hydrogen-bond acceptors (Lipinski definition) is 4. The van der Waals surface area contributed by atoms with Crippen LogP contribution >= 0.6 is 0 Å². The minimum absolute atomic E-state index is 0.0161. The Balaban J connectivity index is 1.84. The van der Waals surface area contributed by atoms with E-state index in [1.54, 1.807) is 0 Å². The monoisotopic (exact) mass is 358 g/mol. The standard InChI is InChI=1S/C22H30O4/c1-3-16-11-15(12-17(4-2)21(16)25)9-10-22(18-7-5-6-8-18)14-19(23)13-20(24)26-22/h11-12,18,25H,3-10,13-14H2,1-2H3. The summed E-state index contributed by atoms with van der Waals surface area (Å²) in [5, 5.41) is 10.3. The zero-order valence-electron chi connectivity index (χ0n) is 16.0. The molecule has 4 heteroatoms. The molecule has 1 saturated carbocycles. The maximum absolute atomic E-state index is 12.2. The third-order valence-electron chi connectivity index (χ3n) is 6.18. The zero-order chi connectivity index (χ0) is 18.7. The highest BCUT2D eigenvalue weighted by atomic mass is 16.6. The van der Waals surface area contributed by atoms with Crippen molar-refractivity contribution in [2.45, 2.75) is 83.7 Å². The van der Waals surface area contributed by atoms with E-state index >= 15 is 0 Å². The van der Waals surface area contributed by atoms with E-state index in [1.165, 1.54) is 0 Å². The van der Waals surface area contributed by atoms with Crippen LogP contribution in [-0.2, 0) is 33.6 Å². The van der Waals surface area contributed by atoms with Crippen LogP contribution in [0.25, 0.3) is 0 Å². The van der Waals surface area contributed by atoms with E-state index in [9.17, 15) is 14.7 Å². The van der Waals surface area contributed by atoms with Crippen molar-refractivity contribution in [3.63, 3.8) is 0 Å². The fourth-order valence-corrected chi connectivity index (χ4v) is 4.75.